The standard InChI is InChI=1S/C30H37ClN2O3/c1-21-28(34)23-10-13-27-26(18-23)33(16-7-5-3-4-6-15-32(2)29(21)35)19-30(20-36-27)14-8-9-22-17-24(31)11-12-25(22)30/h4,6,10-13,17-18,21,28,34H,3,5,7-9,14-16,19-20H2,1-2H3/b6-4+/t21-,28+,30-/m0/s1. The number of aryl methyl sites for hydroxylation is 1. The zero-order chi connectivity index (χ0) is 25.3. The van der Waals surface area contributed by atoms with Gasteiger partial charge in [0.1, 0.15) is 5.75 Å². The van der Waals surface area contributed by atoms with Gasteiger partial charge in [0.25, 0.3) is 0 Å². The normalized spacial score (nSPS) is 27.9. The van der Waals surface area contributed by atoms with Gasteiger partial charge in [-0.3, -0.25) is 4.79 Å². The number of likely N-dealkylation sites (N-methyl/N-ethyl adjacent to an activating group) is 1. The monoisotopic (exact) mass is 508 g/mol. The number of benzene rings is 2. The molecule has 5 rings (SSSR count). The van der Waals surface area contributed by atoms with Gasteiger partial charge in [0.2, 0.25) is 5.91 Å². The number of aliphatic hydroxyl groups is 1. The Balaban J connectivity index is 1.54. The molecule has 2 aromatic carbocycles. The first-order valence-corrected chi connectivity index (χ1v) is 13.6. The molecule has 0 aromatic heterocycles. The predicted octanol–water partition coefficient (Wildman–Crippen LogP) is 5.68. The van der Waals surface area contributed by atoms with E-state index in [4.69, 9.17) is 16.3 Å². The fraction of sp³-hybridized carbons (Fsp3) is 0.500. The van der Waals surface area contributed by atoms with Crippen molar-refractivity contribution in [1.82, 2.24) is 4.90 Å². The maximum Gasteiger partial charge on any atom is 0.228 e. The van der Waals surface area contributed by atoms with Gasteiger partial charge in [0.05, 0.1) is 24.3 Å². The molecule has 0 fully saturated rings. The molecule has 3 aliphatic rings. The molecule has 1 spiro atoms. The van der Waals surface area contributed by atoms with Crippen LogP contribution in [0.5, 0.6) is 5.75 Å². The number of rotatable bonds is 0. The van der Waals surface area contributed by atoms with Crippen LogP contribution in [0.1, 0.15) is 61.8 Å². The number of nitrogens with zero attached hydrogens (tertiary/aromatic N) is 2. The van der Waals surface area contributed by atoms with E-state index in [9.17, 15) is 9.90 Å². The number of ether oxygens (including phenoxy) is 1. The lowest BCUT2D eigenvalue weighted by Gasteiger charge is -2.41. The van der Waals surface area contributed by atoms with Crippen LogP contribution in [0.2, 0.25) is 5.02 Å². The fourth-order valence-corrected chi connectivity index (χ4v) is 6.32. The molecule has 192 valence electrons. The summed E-state index contributed by atoms with van der Waals surface area (Å²) in [5.41, 5.74) is 4.36. The topological polar surface area (TPSA) is 53.0 Å². The lowest BCUT2D eigenvalue weighted by Crippen LogP contribution is -2.46. The van der Waals surface area contributed by atoms with Crippen LogP contribution in [0.4, 0.5) is 5.69 Å². The highest BCUT2D eigenvalue weighted by atomic mass is 35.5. The third kappa shape index (κ3) is 4.88. The maximum absolute atomic E-state index is 13.0. The Morgan fingerprint density at radius 1 is 1.11 bits per heavy atom. The summed E-state index contributed by atoms with van der Waals surface area (Å²) in [6.07, 6.45) is 9.72. The van der Waals surface area contributed by atoms with Crippen molar-refractivity contribution < 1.29 is 14.6 Å². The van der Waals surface area contributed by atoms with Crippen molar-refractivity contribution in [1.29, 1.82) is 0 Å². The Kier molecular flexibility index (Phi) is 7.32. The minimum absolute atomic E-state index is 0.0542. The number of amides is 1. The molecule has 5 nitrogen and oxygen atoms in total. The number of halogens is 1. The van der Waals surface area contributed by atoms with E-state index in [-0.39, 0.29) is 11.3 Å². The number of carbonyl (C=O) groups excluding carboxylic acids is 1. The van der Waals surface area contributed by atoms with E-state index in [2.05, 4.69) is 29.2 Å². The van der Waals surface area contributed by atoms with Crippen LogP contribution in [-0.2, 0) is 16.6 Å². The molecular formula is C30H37ClN2O3. The summed E-state index contributed by atoms with van der Waals surface area (Å²) in [5, 5.41) is 12.0. The second-order valence-electron chi connectivity index (χ2n) is 10.8. The number of anilines is 1. The summed E-state index contributed by atoms with van der Waals surface area (Å²) in [6.45, 7) is 4.77. The number of hydrogen-bond acceptors (Lipinski definition) is 4. The first-order valence-electron chi connectivity index (χ1n) is 13.3. The van der Waals surface area contributed by atoms with Crippen LogP contribution in [0.15, 0.2) is 48.6 Å². The van der Waals surface area contributed by atoms with Gasteiger partial charge in [0, 0.05) is 37.1 Å². The van der Waals surface area contributed by atoms with E-state index in [1.165, 1.54) is 11.1 Å². The lowest BCUT2D eigenvalue weighted by molar-refractivity contribution is -0.136. The van der Waals surface area contributed by atoms with Crippen LogP contribution in [0.25, 0.3) is 0 Å². The van der Waals surface area contributed by atoms with Gasteiger partial charge in [0.15, 0.2) is 0 Å². The molecule has 3 atom stereocenters. The molecule has 6 heteroatoms. The van der Waals surface area contributed by atoms with Gasteiger partial charge in [-0.15, -0.1) is 0 Å². The molecular weight excluding hydrogens is 472 g/mol. The molecule has 0 unspecified atom stereocenters. The Labute approximate surface area is 219 Å². The van der Waals surface area contributed by atoms with Crippen LogP contribution in [0, 0.1) is 5.92 Å². The largest absolute Gasteiger partial charge is 0.490 e. The van der Waals surface area contributed by atoms with Gasteiger partial charge in [-0.2, -0.15) is 0 Å². The van der Waals surface area contributed by atoms with E-state index in [1.807, 2.05) is 31.2 Å². The van der Waals surface area contributed by atoms with Crippen molar-refractivity contribution in [3.05, 3.63) is 70.3 Å². The molecule has 1 amide bonds. The first-order chi connectivity index (χ1) is 17.4. The van der Waals surface area contributed by atoms with Crippen LogP contribution in [-0.4, -0.2) is 49.2 Å². The molecule has 36 heavy (non-hydrogen) atoms. The Morgan fingerprint density at radius 2 is 1.97 bits per heavy atom. The zero-order valence-electron chi connectivity index (χ0n) is 21.4. The van der Waals surface area contributed by atoms with Crippen molar-refractivity contribution >= 4 is 23.2 Å². The van der Waals surface area contributed by atoms with E-state index in [1.54, 1.807) is 11.9 Å². The van der Waals surface area contributed by atoms with Gasteiger partial charge in [-0.25, -0.2) is 0 Å². The molecule has 2 aromatic rings. The van der Waals surface area contributed by atoms with Crippen LogP contribution in [0.3, 0.4) is 0 Å². The molecule has 1 aliphatic carbocycles. The summed E-state index contributed by atoms with van der Waals surface area (Å²) in [4.78, 5) is 17.1. The van der Waals surface area contributed by atoms with Crippen molar-refractivity contribution in [3.8, 4) is 5.75 Å². The summed E-state index contributed by atoms with van der Waals surface area (Å²) < 4.78 is 6.53. The molecule has 0 saturated carbocycles. The summed E-state index contributed by atoms with van der Waals surface area (Å²) >= 11 is 6.36. The van der Waals surface area contributed by atoms with Crippen LogP contribution >= 0.6 is 11.6 Å². The Hall–Kier alpha value is -2.50. The first kappa shape index (κ1) is 25.2. The fourth-order valence-electron chi connectivity index (χ4n) is 6.13. The second kappa shape index (κ2) is 10.5. The van der Waals surface area contributed by atoms with E-state index in [0.29, 0.717) is 13.2 Å². The van der Waals surface area contributed by atoms with E-state index in [0.717, 1.165) is 73.6 Å². The third-order valence-corrected chi connectivity index (χ3v) is 8.47. The van der Waals surface area contributed by atoms with Crippen molar-refractivity contribution in [2.45, 2.75) is 57.0 Å². The highest BCUT2D eigenvalue weighted by molar-refractivity contribution is 6.30. The maximum atomic E-state index is 13.0. The average molecular weight is 509 g/mol. The van der Waals surface area contributed by atoms with Crippen molar-refractivity contribution in [3.63, 3.8) is 0 Å². The number of allylic oxidation sites excluding steroid dienone is 1. The smallest absolute Gasteiger partial charge is 0.228 e. The lowest BCUT2D eigenvalue weighted by atomic mass is 9.70. The summed E-state index contributed by atoms with van der Waals surface area (Å²) in [7, 11) is 1.80. The number of aliphatic hydroxyl groups excluding tert-OH is 1. The van der Waals surface area contributed by atoms with Gasteiger partial charge >= 0.3 is 0 Å². The molecule has 2 aliphatic heterocycles. The quantitative estimate of drug-likeness (QED) is 0.465. The zero-order valence-corrected chi connectivity index (χ0v) is 22.1. The van der Waals surface area contributed by atoms with Gasteiger partial charge < -0.3 is 19.6 Å². The molecule has 1 N–H and O–H groups in total. The van der Waals surface area contributed by atoms with Crippen LogP contribution < -0.4 is 9.64 Å². The number of hydrogen-bond donors (Lipinski definition) is 1. The second-order valence-corrected chi connectivity index (χ2v) is 11.2. The molecule has 2 bridgehead atoms. The minimum atomic E-state index is -0.879. The summed E-state index contributed by atoms with van der Waals surface area (Å²) in [6, 6.07) is 12.3. The Morgan fingerprint density at radius 3 is 2.83 bits per heavy atom. The van der Waals surface area contributed by atoms with Gasteiger partial charge in [-0.05, 0) is 79.5 Å². The number of carbonyl (C=O) groups is 1. The number of fused-ring (bicyclic) bond motifs is 3. The highest BCUT2D eigenvalue weighted by Crippen LogP contribution is 2.45. The van der Waals surface area contributed by atoms with Crippen molar-refractivity contribution in [2.24, 2.45) is 5.92 Å². The predicted molar refractivity (Wildman–Crippen MR) is 145 cm³/mol. The SMILES string of the molecule is C[C@@H]1C(=O)N(C)C/C=C/CCCCN2C[C@@]3(CCCc4cc(Cl)ccc43)COc3ccc(cc32)[C@@H]1O. The average Bonchev–Trinajstić information content (AvgIpc) is 3.03. The highest BCUT2D eigenvalue weighted by Gasteiger charge is 2.41. The van der Waals surface area contributed by atoms with Gasteiger partial charge in [-0.1, -0.05) is 42.8 Å². The van der Waals surface area contributed by atoms with E-state index < -0.39 is 12.0 Å². The Bertz CT molecular complexity index is 1150. The molecule has 2 heterocycles. The molecule has 0 radical (unpaired) electrons. The van der Waals surface area contributed by atoms with E-state index >= 15 is 0 Å². The van der Waals surface area contributed by atoms with Crippen molar-refractivity contribution in [2.75, 3.05) is 38.2 Å². The molecule has 0 saturated heterocycles. The minimum Gasteiger partial charge on any atom is -0.490 e. The summed E-state index contributed by atoms with van der Waals surface area (Å²) in [5.74, 6) is 0.263. The third-order valence-electron chi connectivity index (χ3n) is 8.24.